The van der Waals surface area contributed by atoms with Gasteiger partial charge >= 0.3 is 37.8 Å². The molecule has 0 aromatic rings. The molecule has 0 aromatic heterocycles. The van der Waals surface area contributed by atoms with Crippen molar-refractivity contribution in [1.82, 2.24) is 5.48 Å². The molecule has 0 aromatic carbocycles. The maximum absolute atomic E-state index is 10.5. The molecule has 0 fully saturated rings. The predicted octanol–water partition coefficient (Wildman–Crippen LogP) is 0.305. The summed E-state index contributed by atoms with van der Waals surface area (Å²) in [5.74, 6) is 0. The molecule has 0 amide bonds. The molecule has 0 aliphatic carbocycles. The topological polar surface area (TPSA) is 47.6 Å². The summed E-state index contributed by atoms with van der Waals surface area (Å²) in [5, 5.41) is 0. The zero-order valence-electron chi connectivity index (χ0n) is 5.64. The third kappa shape index (κ3) is 9.11. The third-order valence-corrected chi connectivity index (χ3v) is 1.40. The van der Waals surface area contributed by atoms with Crippen LogP contribution >= 0.6 is 8.25 Å². The number of hydrogen-bond donors (Lipinski definition) is 1. The van der Waals surface area contributed by atoms with Crippen LogP contribution in [-0.2, 0) is 13.7 Å². The van der Waals surface area contributed by atoms with Crippen LogP contribution < -0.4 is 5.48 Å². The average Bonchev–Trinajstić information content (AvgIpc) is 1.85. The average molecular weight is 177 g/mol. The van der Waals surface area contributed by atoms with E-state index < -0.39 is 8.25 Å². The second-order valence-corrected chi connectivity index (χ2v) is 2.28. The Hall–Kier alpha value is 1.11. The van der Waals surface area contributed by atoms with Gasteiger partial charge in [0.15, 0.2) is 0 Å². The molecule has 6 heteroatoms. The molecule has 0 radical (unpaired) electrons. The quantitative estimate of drug-likeness (QED) is 0.373. The van der Waals surface area contributed by atoms with E-state index in [1.54, 1.807) is 6.92 Å². The van der Waals surface area contributed by atoms with E-state index in [1.807, 2.05) is 6.92 Å². The maximum atomic E-state index is 10.5. The van der Waals surface area contributed by atoms with Gasteiger partial charge in [0, 0.05) is 6.54 Å². The molecule has 0 rings (SSSR count). The first-order valence-corrected chi connectivity index (χ1v) is 4.10. The number of hydroxylamine groups is 1. The third-order valence-electron chi connectivity index (χ3n) is 0.562. The van der Waals surface area contributed by atoms with Gasteiger partial charge in [0.1, 0.15) is 0 Å². The van der Waals surface area contributed by atoms with Gasteiger partial charge in [0.25, 0.3) is 0 Å². The summed E-state index contributed by atoms with van der Waals surface area (Å²) in [5.41, 5.74) is 2.44. The normalized spacial score (nSPS) is 12.2. The molecule has 0 spiro atoms. The van der Waals surface area contributed by atoms with Crippen molar-refractivity contribution in [1.29, 1.82) is 0 Å². The monoisotopic (exact) mass is 177 g/mol. The van der Waals surface area contributed by atoms with Crippen molar-refractivity contribution in [2.24, 2.45) is 0 Å². The Labute approximate surface area is 83.9 Å². The van der Waals surface area contributed by atoms with Gasteiger partial charge in [0.05, 0.1) is 6.61 Å². The molecular formula is C4H13NNaO3P. The summed E-state index contributed by atoms with van der Waals surface area (Å²) in [6, 6.07) is 0. The van der Waals surface area contributed by atoms with Crippen molar-refractivity contribution < 1.29 is 13.7 Å². The Balaban J connectivity index is 0. The van der Waals surface area contributed by atoms with Crippen molar-refractivity contribution >= 4 is 37.8 Å². The van der Waals surface area contributed by atoms with Gasteiger partial charge in [-0.05, 0) is 6.92 Å². The van der Waals surface area contributed by atoms with Gasteiger partial charge in [-0.3, -0.25) is 4.57 Å². The van der Waals surface area contributed by atoms with Crippen LogP contribution in [0.15, 0.2) is 0 Å². The van der Waals surface area contributed by atoms with Crippen LogP contribution in [0.3, 0.4) is 0 Å². The second kappa shape index (κ2) is 10.1. The van der Waals surface area contributed by atoms with Gasteiger partial charge in [0.2, 0.25) is 0 Å². The molecule has 0 aliphatic rings. The molecule has 0 heterocycles. The van der Waals surface area contributed by atoms with Crippen LogP contribution in [0.5, 0.6) is 0 Å². The van der Waals surface area contributed by atoms with Crippen LogP contribution in [0.4, 0.5) is 0 Å². The van der Waals surface area contributed by atoms with Crippen LogP contribution in [0.1, 0.15) is 13.8 Å². The summed E-state index contributed by atoms with van der Waals surface area (Å²) in [6.07, 6.45) is 0. The molecule has 0 aliphatic heterocycles. The van der Waals surface area contributed by atoms with Gasteiger partial charge < -0.3 is 4.52 Å². The minimum absolute atomic E-state index is 0. The Morgan fingerprint density at radius 2 is 2.10 bits per heavy atom. The van der Waals surface area contributed by atoms with E-state index in [9.17, 15) is 4.57 Å². The van der Waals surface area contributed by atoms with Crippen molar-refractivity contribution in [3.05, 3.63) is 0 Å². The Bertz CT molecular complexity index is 92.6. The molecule has 1 N–H and O–H groups in total. The number of rotatable bonds is 5. The van der Waals surface area contributed by atoms with Crippen molar-refractivity contribution in [2.45, 2.75) is 13.8 Å². The van der Waals surface area contributed by atoms with Crippen LogP contribution in [0.2, 0.25) is 0 Å². The van der Waals surface area contributed by atoms with E-state index >= 15 is 0 Å². The first-order chi connectivity index (χ1) is 4.31. The summed E-state index contributed by atoms with van der Waals surface area (Å²) >= 11 is 0. The zero-order valence-corrected chi connectivity index (χ0v) is 6.64. The van der Waals surface area contributed by atoms with Crippen LogP contribution in [0, 0.1) is 0 Å². The van der Waals surface area contributed by atoms with Crippen molar-refractivity contribution in [2.75, 3.05) is 13.2 Å². The zero-order chi connectivity index (χ0) is 7.11. The fraction of sp³-hybridized carbons (Fsp3) is 1.00. The predicted molar refractivity (Wildman–Crippen MR) is 42.5 cm³/mol. The van der Waals surface area contributed by atoms with Gasteiger partial charge in [-0.25, -0.2) is 4.62 Å². The molecule has 4 nitrogen and oxygen atoms in total. The summed E-state index contributed by atoms with van der Waals surface area (Å²) in [6.45, 7) is 4.66. The summed E-state index contributed by atoms with van der Waals surface area (Å²) in [7, 11) is -2.26. The van der Waals surface area contributed by atoms with E-state index in [-0.39, 0.29) is 29.6 Å². The molecule has 0 saturated carbocycles. The van der Waals surface area contributed by atoms with E-state index in [0.29, 0.717) is 13.2 Å². The standard InChI is InChI=1S/C4H12NO3P.Na.H/c1-3-5-8-9(6)7-4-2;;/h5,9H,3-4H2,1-2H3;;. The molecule has 58 valence electrons. The van der Waals surface area contributed by atoms with Gasteiger partial charge in [-0.2, -0.15) is 5.48 Å². The fourth-order valence-corrected chi connectivity index (χ4v) is 0.835. The molecule has 1 atom stereocenters. The molecule has 0 bridgehead atoms. The van der Waals surface area contributed by atoms with E-state index in [0.717, 1.165) is 0 Å². The second-order valence-electron chi connectivity index (χ2n) is 1.28. The number of nitrogens with one attached hydrogen (secondary N) is 1. The molecular weight excluding hydrogens is 164 g/mol. The molecule has 10 heavy (non-hydrogen) atoms. The van der Waals surface area contributed by atoms with Gasteiger partial charge in [-0.1, -0.05) is 6.92 Å². The van der Waals surface area contributed by atoms with Crippen molar-refractivity contribution in [3.8, 4) is 0 Å². The Kier molecular flexibility index (Phi) is 13.8. The first kappa shape index (κ1) is 13.7. The van der Waals surface area contributed by atoms with E-state index in [1.165, 1.54) is 0 Å². The first-order valence-electron chi connectivity index (χ1n) is 2.87. The van der Waals surface area contributed by atoms with Crippen LogP contribution in [0.25, 0.3) is 0 Å². The van der Waals surface area contributed by atoms with E-state index in [2.05, 4.69) is 14.6 Å². The van der Waals surface area contributed by atoms with Crippen molar-refractivity contribution in [3.63, 3.8) is 0 Å². The van der Waals surface area contributed by atoms with Crippen LogP contribution in [-0.4, -0.2) is 42.7 Å². The minimum atomic E-state index is -2.26. The molecule has 1 unspecified atom stereocenters. The van der Waals surface area contributed by atoms with Gasteiger partial charge in [-0.15, -0.1) is 0 Å². The summed E-state index contributed by atoms with van der Waals surface area (Å²) < 4.78 is 19.6. The number of hydrogen-bond acceptors (Lipinski definition) is 4. The SMILES string of the molecule is CCNO[PH](=O)OCC.[NaH]. The Morgan fingerprint density at radius 3 is 2.50 bits per heavy atom. The Morgan fingerprint density at radius 1 is 1.50 bits per heavy atom. The fourth-order valence-electron chi connectivity index (χ4n) is 0.278. The molecule has 0 saturated heterocycles. The van der Waals surface area contributed by atoms with E-state index in [4.69, 9.17) is 0 Å². The summed E-state index contributed by atoms with van der Waals surface area (Å²) in [4.78, 5) is 0.